The molecule has 1 aromatic rings. The number of guanidine groups is 1. The lowest BCUT2D eigenvalue weighted by atomic mass is 9.93. The highest BCUT2D eigenvalue weighted by Crippen LogP contribution is 2.24. The lowest BCUT2D eigenvalue weighted by Crippen LogP contribution is -2.44. The standard InChI is InChI=1S/C17H30N4S.HI/c1-5-18-16(20-13-9-7-6-8-10-13)19-11-15-21-14(12-22-15)17(2,3)4;/h12-13H,5-11H2,1-4H3,(H2,18,19,20);1H. The number of nitrogens with one attached hydrogen (secondary N) is 2. The molecule has 1 aromatic heterocycles. The summed E-state index contributed by atoms with van der Waals surface area (Å²) in [5.41, 5.74) is 1.27. The van der Waals surface area contributed by atoms with Crippen molar-refractivity contribution < 1.29 is 0 Å². The first-order chi connectivity index (χ1) is 10.5. The zero-order valence-electron chi connectivity index (χ0n) is 14.8. The number of thiazole rings is 1. The molecule has 0 radical (unpaired) electrons. The van der Waals surface area contributed by atoms with E-state index in [1.807, 2.05) is 0 Å². The van der Waals surface area contributed by atoms with E-state index in [0.29, 0.717) is 12.6 Å². The Labute approximate surface area is 162 Å². The van der Waals surface area contributed by atoms with E-state index in [2.05, 4.69) is 43.7 Å². The van der Waals surface area contributed by atoms with Crippen LogP contribution in [-0.4, -0.2) is 23.5 Å². The second kappa shape index (κ2) is 9.81. The maximum absolute atomic E-state index is 4.72. The first-order valence-corrected chi connectivity index (χ1v) is 9.36. The molecular weight excluding hydrogens is 419 g/mol. The van der Waals surface area contributed by atoms with Crippen LogP contribution < -0.4 is 10.6 Å². The van der Waals surface area contributed by atoms with Gasteiger partial charge in [-0.25, -0.2) is 9.98 Å². The zero-order chi connectivity index (χ0) is 16.0. The summed E-state index contributed by atoms with van der Waals surface area (Å²) < 4.78 is 0. The minimum atomic E-state index is 0. The van der Waals surface area contributed by atoms with E-state index in [9.17, 15) is 0 Å². The summed E-state index contributed by atoms with van der Waals surface area (Å²) >= 11 is 1.71. The fraction of sp³-hybridized carbons (Fsp3) is 0.765. The van der Waals surface area contributed by atoms with Crippen LogP contribution in [0.25, 0.3) is 0 Å². The molecule has 4 nitrogen and oxygen atoms in total. The van der Waals surface area contributed by atoms with E-state index in [-0.39, 0.29) is 29.4 Å². The zero-order valence-corrected chi connectivity index (χ0v) is 18.0. The summed E-state index contributed by atoms with van der Waals surface area (Å²) in [6.45, 7) is 10.3. The Morgan fingerprint density at radius 2 is 2.00 bits per heavy atom. The van der Waals surface area contributed by atoms with Crippen molar-refractivity contribution >= 4 is 41.3 Å². The van der Waals surface area contributed by atoms with Gasteiger partial charge in [-0.1, -0.05) is 40.0 Å². The van der Waals surface area contributed by atoms with Crippen molar-refractivity contribution in [2.75, 3.05) is 6.54 Å². The number of aliphatic imine (C=N–C) groups is 1. The van der Waals surface area contributed by atoms with Gasteiger partial charge in [-0.2, -0.15) is 0 Å². The molecule has 0 aliphatic heterocycles. The van der Waals surface area contributed by atoms with Crippen molar-refractivity contribution in [3.8, 4) is 0 Å². The normalized spacial score (nSPS) is 16.8. The number of halogens is 1. The summed E-state index contributed by atoms with van der Waals surface area (Å²) in [6.07, 6.45) is 6.56. The largest absolute Gasteiger partial charge is 0.357 e. The number of hydrogen-bond acceptors (Lipinski definition) is 3. The molecule has 132 valence electrons. The van der Waals surface area contributed by atoms with Crippen molar-refractivity contribution in [3.05, 3.63) is 16.1 Å². The Bertz CT molecular complexity index is 487. The fourth-order valence-corrected chi connectivity index (χ4v) is 3.58. The van der Waals surface area contributed by atoms with Crippen LogP contribution >= 0.6 is 35.3 Å². The Hall–Kier alpha value is -0.370. The molecule has 2 rings (SSSR count). The SMILES string of the molecule is CCNC(=NCc1nc(C(C)(C)C)cs1)NC1CCCCC1.I. The predicted octanol–water partition coefficient (Wildman–Crippen LogP) is 4.45. The van der Waals surface area contributed by atoms with E-state index >= 15 is 0 Å². The highest BCUT2D eigenvalue weighted by atomic mass is 127. The second-order valence-corrected chi connectivity index (χ2v) is 7.99. The molecule has 2 N–H and O–H groups in total. The van der Waals surface area contributed by atoms with Crippen molar-refractivity contribution in [1.29, 1.82) is 0 Å². The molecule has 6 heteroatoms. The van der Waals surface area contributed by atoms with Gasteiger partial charge in [0.25, 0.3) is 0 Å². The van der Waals surface area contributed by atoms with Crippen LogP contribution in [-0.2, 0) is 12.0 Å². The minimum Gasteiger partial charge on any atom is -0.357 e. The highest BCUT2D eigenvalue weighted by molar-refractivity contribution is 14.0. The maximum atomic E-state index is 4.72. The second-order valence-electron chi connectivity index (χ2n) is 7.05. The number of nitrogens with zero attached hydrogens (tertiary/aromatic N) is 2. The van der Waals surface area contributed by atoms with Gasteiger partial charge in [-0.3, -0.25) is 0 Å². The van der Waals surface area contributed by atoms with Gasteiger partial charge < -0.3 is 10.6 Å². The summed E-state index contributed by atoms with van der Waals surface area (Å²) in [4.78, 5) is 9.43. The molecule has 0 bridgehead atoms. The molecule has 0 saturated heterocycles. The van der Waals surface area contributed by atoms with Crippen molar-refractivity contribution in [2.24, 2.45) is 4.99 Å². The molecule has 0 amide bonds. The van der Waals surface area contributed by atoms with E-state index in [0.717, 1.165) is 23.2 Å². The van der Waals surface area contributed by atoms with Crippen LogP contribution in [0.15, 0.2) is 10.4 Å². The fourth-order valence-electron chi connectivity index (χ4n) is 2.63. The summed E-state index contributed by atoms with van der Waals surface area (Å²) in [5, 5.41) is 10.2. The molecule has 1 heterocycles. The van der Waals surface area contributed by atoms with E-state index in [1.165, 1.54) is 32.1 Å². The molecule has 0 aromatic carbocycles. The van der Waals surface area contributed by atoms with Gasteiger partial charge in [0.2, 0.25) is 0 Å². The Kier molecular flexibility index (Phi) is 8.82. The van der Waals surface area contributed by atoms with Gasteiger partial charge >= 0.3 is 0 Å². The topological polar surface area (TPSA) is 49.3 Å². The van der Waals surface area contributed by atoms with Crippen LogP contribution in [0.1, 0.15) is 70.5 Å². The van der Waals surface area contributed by atoms with Crippen molar-refractivity contribution in [1.82, 2.24) is 15.6 Å². The lowest BCUT2D eigenvalue weighted by molar-refractivity contribution is 0.410. The van der Waals surface area contributed by atoms with Crippen LogP contribution in [0.5, 0.6) is 0 Å². The number of rotatable bonds is 4. The highest BCUT2D eigenvalue weighted by Gasteiger charge is 2.17. The van der Waals surface area contributed by atoms with Gasteiger partial charge in [0.05, 0.1) is 12.2 Å². The van der Waals surface area contributed by atoms with Crippen LogP contribution in [0.3, 0.4) is 0 Å². The summed E-state index contributed by atoms with van der Waals surface area (Å²) in [7, 11) is 0. The van der Waals surface area contributed by atoms with E-state index in [4.69, 9.17) is 9.98 Å². The van der Waals surface area contributed by atoms with Gasteiger partial charge in [-0.15, -0.1) is 35.3 Å². The molecule has 1 aliphatic carbocycles. The average molecular weight is 450 g/mol. The third-order valence-corrected chi connectivity index (χ3v) is 4.82. The van der Waals surface area contributed by atoms with Gasteiger partial charge in [0, 0.05) is 23.4 Å². The Morgan fingerprint density at radius 1 is 1.30 bits per heavy atom. The average Bonchev–Trinajstić information content (AvgIpc) is 2.95. The molecule has 0 spiro atoms. The Morgan fingerprint density at radius 3 is 2.57 bits per heavy atom. The van der Waals surface area contributed by atoms with Crippen molar-refractivity contribution in [3.63, 3.8) is 0 Å². The molecule has 23 heavy (non-hydrogen) atoms. The van der Waals surface area contributed by atoms with Crippen LogP contribution in [0, 0.1) is 0 Å². The predicted molar refractivity (Wildman–Crippen MR) is 111 cm³/mol. The molecule has 1 saturated carbocycles. The Balaban J connectivity index is 0.00000264. The van der Waals surface area contributed by atoms with Crippen LogP contribution in [0.4, 0.5) is 0 Å². The number of hydrogen-bond donors (Lipinski definition) is 2. The molecule has 0 unspecified atom stereocenters. The third kappa shape index (κ3) is 6.95. The summed E-state index contributed by atoms with van der Waals surface area (Å²) in [5.74, 6) is 0.932. The molecular formula is C17H31IN4S. The molecule has 1 aliphatic rings. The van der Waals surface area contributed by atoms with Gasteiger partial charge in [0.1, 0.15) is 5.01 Å². The maximum Gasteiger partial charge on any atom is 0.191 e. The summed E-state index contributed by atoms with van der Waals surface area (Å²) in [6, 6.07) is 0.577. The first kappa shape index (κ1) is 20.7. The first-order valence-electron chi connectivity index (χ1n) is 8.48. The quantitative estimate of drug-likeness (QED) is 0.405. The number of aromatic nitrogens is 1. The minimum absolute atomic E-state index is 0. The van der Waals surface area contributed by atoms with Gasteiger partial charge in [0.15, 0.2) is 5.96 Å². The third-order valence-electron chi connectivity index (χ3n) is 3.98. The van der Waals surface area contributed by atoms with E-state index < -0.39 is 0 Å². The smallest absolute Gasteiger partial charge is 0.191 e. The molecule has 1 fully saturated rings. The monoisotopic (exact) mass is 450 g/mol. The van der Waals surface area contributed by atoms with Crippen molar-refractivity contribution in [2.45, 2.75) is 77.8 Å². The molecule has 0 atom stereocenters. The van der Waals surface area contributed by atoms with Gasteiger partial charge in [-0.05, 0) is 19.8 Å². The lowest BCUT2D eigenvalue weighted by Gasteiger charge is -2.24. The van der Waals surface area contributed by atoms with Crippen LogP contribution in [0.2, 0.25) is 0 Å². The van der Waals surface area contributed by atoms with E-state index in [1.54, 1.807) is 11.3 Å².